The summed E-state index contributed by atoms with van der Waals surface area (Å²) in [6, 6.07) is 0. The first-order valence-electron chi connectivity index (χ1n) is 5.60. The van der Waals surface area contributed by atoms with Crippen molar-refractivity contribution in [3.05, 3.63) is 0 Å². The Kier molecular flexibility index (Phi) is 3.72. The van der Waals surface area contributed by atoms with Crippen molar-refractivity contribution in [1.29, 1.82) is 0 Å². The molecule has 1 rings (SSSR count). The quantitative estimate of drug-likeness (QED) is 0.731. The van der Waals surface area contributed by atoms with Crippen molar-refractivity contribution >= 4 is 11.8 Å². The summed E-state index contributed by atoms with van der Waals surface area (Å²) in [6.07, 6.45) is 4.40. The number of nitrogens with one attached hydrogen (secondary N) is 1. The summed E-state index contributed by atoms with van der Waals surface area (Å²) in [6.45, 7) is 3.62. The van der Waals surface area contributed by atoms with Gasteiger partial charge < -0.3 is 11.1 Å². The van der Waals surface area contributed by atoms with Crippen molar-refractivity contribution in [2.24, 2.45) is 11.7 Å². The third kappa shape index (κ3) is 2.70. The number of carbonyl (C=O) groups is 2. The van der Waals surface area contributed by atoms with E-state index in [4.69, 9.17) is 5.73 Å². The van der Waals surface area contributed by atoms with E-state index in [1.807, 2.05) is 13.8 Å². The van der Waals surface area contributed by atoms with Crippen LogP contribution in [0.5, 0.6) is 0 Å². The summed E-state index contributed by atoms with van der Waals surface area (Å²) in [7, 11) is 0. The zero-order valence-corrected chi connectivity index (χ0v) is 9.51. The first-order valence-corrected chi connectivity index (χ1v) is 5.60. The second kappa shape index (κ2) is 4.64. The zero-order valence-electron chi connectivity index (χ0n) is 9.51. The van der Waals surface area contributed by atoms with E-state index in [2.05, 4.69) is 5.32 Å². The van der Waals surface area contributed by atoms with Gasteiger partial charge in [-0.1, -0.05) is 33.1 Å². The van der Waals surface area contributed by atoms with Crippen LogP contribution in [-0.4, -0.2) is 17.4 Å². The highest BCUT2D eigenvalue weighted by molar-refractivity contribution is 5.91. The third-order valence-corrected chi connectivity index (χ3v) is 3.07. The highest BCUT2D eigenvalue weighted by Crippen LogP contribution is 2.28. The third-order valence-electron chi connectivity index (χ3n) is 3.07. The molecule has 0 saturated heterocycles. The zero-order chi connectivity index (χ0) is 11.5. The van der Waals surface area contributed by atoms with Gasteiger partial charge in [0.2, 0.25) is 11.8 Å². The Morgan fingerprint density at radius 1 is 1.20 bits per heavy atom. The van der Waals surface area contributed by atoms with E-state index >= 15 is 0 Å². The normalized spacial score (nSPS) is 19.9. The first kappa shape index (κ1) is 12.0. The van der Waals surface area contributed by atoms with Crippen molar-refractivity contribution in [1.82, 2.24) is 5.32 Å². The summed E-state index contributed by atoms with van der Waals surface area (Å²) in [5.41, 5.74) is 4.62. The first-order chi connectivity index (χ1) is 6.98. The second-order valence-electron chi connectivity index (χ2n) is 4.65. The smallest absolute Gasteiger partial charge is 0.243 e. The Morgan fingerprint density at radius 2 is 1.73 bits per heavy atom. The highest BCUT2D eigenvalue weighted by atomic mass is 16.2. The Hall–Kier alpha value is -1.06. The fourth-order valence-corrected chi connectivity index (χ4v) is 1.97. The van der Waals surface area contributed by atoms with Crippen molar-refractivity contribution in [2.45, 2.75) is 51.5 Å². The van der Waals surface area contributed by atoms with Gasteiger partial charge in [0.05, 0.1) is 0 Å². The number of primary amides is 1. The molecule has 1 aliphatic rings. The molecule has 86 valence electrons. The van der Waals surface area contributed by atoms with Crippen LogP contribution >= 0.6 is 0 Å². The predicted octanol–water partition coefficient (Wildman–Crippen LogP) is 0.947. The molecule has 4 heteroatoms. The second-order valence-corrected chi connectivity index (χ2v) is 4.65. The van der Waals surface area contributed by atoms with Gasteiger partial charge in [-0.3, -0.25) is 9.59 Å². The molecule has 2 amide bonds. The summed E-state index contributed by atoms with van der Waals surface area (Å²) >= 11 is 0. The van der Waals surface area contributed by atoms with E-state index < -0.39 is 11.4 Å². The molecular formula is C11H20N2O2. The lowest BCUT2D eigenvalue weighted by Crippen LogP contribution is -2.59. The summed E-state index contributed by atoms with van der Waals surface area (Å²) in [5, 5.41) is 2.82. The summed E-state index contributed by atoms with van der Waals surface area (Å²) in [4.78, 5) is 23.0. The minimum Gasteiger partial charge on any atom is -0.368 e. The van der Waals surface area contributed by atoms with Crippen molar-refractivity contribution < 1.29 is 9.59 Å². The van der Waals surface area contributed by atoms with Gasteiger partial charge in [0.25, 0.3) is 0 Å². The van der Waals surface area contributed by atoms with Crippen molar-refractivity contribution in [3.63, 3.8) is 0 Å². The minimum atomic E-state index is -0.778. The summed E-state index contributed by atoms with van der Waals surface area (Å²) in [5.74, 6) is -0.588. The highest BCUT2D eigenvalue weighted by Gasteiger charge is 2.39. The predicted molar refractivity (Wildman–Crippen MR) is 58.0 cm³/mol. The van der Waals surface area contributed by atoms with Crippen LogP contribution in [0, 0.1) is 5.92 Å². The van der Waals surface area contributed by atoms with Gasteiger partial charge >= 0.3 is 0 Å². The molecule has 0 bridgehead atoms. The number of nitrogens with two attached hydrogens (primary N) is 1. The number of carbonyl (C=O) groups excluding carboxylic acids is 2. The molecule has 15 heavy (non-hydrogen) atoms. The van der Waals surface area contributed by atoms with Gasteiger partial charge in [-0.2, -0.15) is 0 Å². The van der Waals surface area contributed by atoms with E-state index in [9.17, 15) is 9.59 Å². The maximum Gasteiger partial charge on any atom is 0.243 e. The molecule has 0 aliphatic heterocycles. The molecule has 0 unspecified atom stereocenters. The van der Waals surface area contributed by atoms with E-state index in [0.717, 1.165) is 19.3 Å². The van der Waals surface area contributed by atoms with Gasteiger partial charge in [0, 0.05) is 5.92 Å². The lowest BCUT2D eigenvalue weighted by Gasteiger charge is -2.35. The van der Waals surface area contributed by atoms with Crippen LogP contribution in [0.15, 0.2) is 0 Å². The molecule has 3 N–H and O–H groups in total. The lowest BCUT2D eigenvalue weighted by molar-refractivity contribution is -0.134. The van der Waals surface area contributed by atoms with Crippen LogP contribution in [0.4, 0.5) is 0 Å². The molecule has 1 fully saturated rings. The molecule has 0 radical (unpaired) electrons. The maximum atomic E-state index is 11.6. The molecule has 0 aromatic rings. The van der Waals surface area contributed by atoms with E-state index in [1.54, 1.807) is 0 Å². The van der Waals surface area contributed by atoms with Crippen molar-refractivity contribution in [2.75, 3.05) is 0 Å². The minimum absolute atomic E-state index is 0.0873. The van der Waals surface area contributed by atoms with Crippen LogP contribution in [0.2, 0.25) is 0 Å². The van der Waals surface area contributed by atoms with Gasteiger partial charge in [-0.25, -0.2) is 0 Å². The molecule has 0 aromatic heterocycles. The van der Waals surface area contributed by atoms with Gasteiger partial charge in [0.1, 0.15) is 5.54 Å². The maximum absolute atomic E-state index is 11.6. The lowest BCUT2D eigenvalue weighted by atomic mass is 9.80. The van der Waals surface area contributed by atoms with Crippen LogP contribution in [0.3, 0.4) is 0 Å². The van der Waals surface area contributed by atoms with Crippen LogP contribution in [0.25, 0.3) is 0 Å². The number of hydrogen-bond donors (Lipinski definition) is 2. The molecule has 0 heterocycles. The average molecular weight is 212 g/mol. The SMILES string of the molecule is CC(C)C(=O)NC1(C(N)=O)CCCCC1. The molecule has 0 atom stereocenters. The number of hydrogen-bond acceptors (Lipinski definition) is 2. The molecule has 4 nitrogen and oxygen atoms in total. The average Bonchev–Trinajstić information content (AvgIpc) is 2.18. The van der Waals surface area contributed by atoms with E-state index in [-0.39, 0.29) is 11.8 Å². The Bertz CT molecular complexity index is 255. The van der Waals surface area contributed by atoms with Crippen LogP contribution < -0.4 is 11.1 Å². The molecule has 1 saturated carbocycles. The van der Waals surface area contributed by atoms with Crippen LogP contribution in [-0.2, 0) is 9.59 Å². The Morgan fingerprint density at radius 3 is 2.13 bits per heavy atom. The van der Waals surface area contributed by atoms with Crippen molar-refractivity contribution in [3.8, 4) is 0 Å². The Labute approximate surface area is 90.6 Å². The van der Waals surface area contributed by atoms with E-state index in [1.165, 1.54) is 0 Å². The Balaban J connectivity index is 2.73. The topological polar surface area (TPSA) is 72.2 Å². The van der Waals surface area contributed by atoms with Crippen LogP contribution in [0.1, 0.15) is 46.0 Å². The number of amides is 2. The van der Waals surface area contributed by atoms with E-state index in [0.29, 0.717) is 12.8 Å². The standard InChI is InChI=1S/C11H20N2O2/c1-8(2)9(14)13-11(10(12)15)6-4-3-5-7-11/h8H,3-7H2,1-2H3,(H2,12,15)(H,13,14). The summed E-state index contributed by atoms with van der Waals surface area (Å²) < 4.78 is 0. The molecule has 0 spiro atoms. The van der Waals surface area contributed by atoms with Gasteiger partial charge in [-0.05, 0) is 12.8 Å². The molecular weight excluding hydrogens is 192 g/mol. The largest absolute Gasteiger partial charge is 0.368 e. The van der Waals surface area contributed by atoms with Gasteiger partial charge in [0.15, 0.2) is 0 Å². The monoisotopic (exact) mass is 212 g/mol. The number of rotatable bonds is 3. The van der Waals surface area contributed by atoms with Gasteiger partial charge in [-0.15, -0.1) is 0 Å². The fraction of sp³-hybridized carbons (Fsp3) is 0.818. The molecule has 0 aromatic carbocycles. The fourth-order valence-electron chi connectivity index (χ4n) is 1.97. The molecule has 1 aliphatic carbocycles.